The minimum Gasteiger partial charge on any atom is -0.489 e. The summed E-state index contributed by atoms with van der Waals surface area (Å²) in [5, 5.41) is 12.1. The van der Waals surface area contributed by atoms with Gasteiger partial charge in [-0.3, -0.25) is 4.79 Å². The highest BCUT2D eigenvalue weighted by molar-refractivity contribution is 6.30. The number of carbonyl (C=O) groups is 1. The number of para-hydroxylation sites is 1. The van der Waals surface area contributed by atoms with E-state index >= 15 is 0 Å². The van der Waals surface area contributed by atoms with E-state index in [-0.39, 0.29) is 18.2 Å². The Labute approximate surface area is 190 Å². The Kier molecular flexibility index (Phi) is 6.28. The van der Waals surface area contributed by atoms with Gasteiger partial charge in [0.25, 0.3) is 5.91 Å². The van der Waals surface area contributed by atoms with Gasteiger partial charge in [-0.2, -0.15) is 5.10 Å². The third-order valence-electron chi connectivity index (χ3n) is 5.25. The van der Waals surface area contributed by atoms with Gasteiger partial charge in [-0.15, -0.1) is 0 Å². The van der Waals surface area contributed by atoms with Crippen molar-refractivity contribution in [2.45, 2.75) is 33.9 Å². The number of hydrogen-bond acceptors (Lipinski definition) is 5. The Morgan fingerprint density at radius 3 is 2.62 bits per heavy atom. The number of aromatic nitrogens is 3. The quantitative estimate of drug-likeness (QED) is 0.431. The number of amides is 1. The van der Waals surface area contributed by atoms with Crippen LogP contribution in [0.5, 0.6) is 5.75 Å². The number of nitrogens with one attached hydrogen (secondary N) is 1. The summed E-state index contributed by atoms with van der Waals surface area (Å²) >= 11 is 6.00. The molecule has 32 heavy (non-hydrogen) atoms. The number of halogens is 1. The molecule has 1 N–H and O–H groups in total. The Morgan fingerprint density at radius 2 is 1.88 bits per heavy atom. The molecule has 0 fully saturated rings. The molecule has 0 bridgehead atoms. The summed E-state index contributed by atoms with van der Waals surface area (Å²) in [7, 11) is 0. The lowest BCUT2D eigenvalue weighted by Crippen LogP contribution is -2.25. The van der Waals surface area contributed by atoms with Crippen molar-refractivity contribution in [3.05, 3.63) is 93.6 Å². The second-order valence-corrected chi connectivity index (χ2v) is 7.83. The number of carbonyl (C=O) groups excluding carboxylic acids is 1. The average molecular weight is 451 g/mol. The van der Waals surface area contributed by atoms with E-state index in [4.69, 9.17) is 20.9 Å². The molecule has 0 aliphatic carbocycles. The van der Waals surface area contributed by atoms with Gasteiger partial charge in [0.05, 0.1) is 16.9 Å². The summed E-state index contributed by atoms with van der Waals surface area (Å²) in [4.78, 5) is 12.9. The second-order valence-electron chi connectivity index (χ2n) is 7.39. The zero-order valence-electron chi connectivity index (χ0n) is 18.1. The number of ether oxygens (including phenoxy) is 1. The maximum Gasteiger partial charge on any atom is 0.274 e. The van der Waals surface area contributed by atoms with E-state index in [1.165, 1.54) is 0 Å². The van der Waals surface area contributed by atoms with E-state index in [2.05, 4.69) is 15.6 Å². The standard InChI is InChI=1S/C24H23ClN4O3/c1-15-21(16(2)29(27-15)19-9-5-4-6-10-19)13-26-24(30)23-22(17(3)32-28-23)14-31-20-11-7-8-18(25)12-20/h4-12H,13-14H2,1-3H3,(H,26,30). The lowest BCUT2D eigenvalue weighted by atomic mass is 10.1. The summed E-state index contributed by atoms with van der Waals surface area (Å²) in [6.45, 7) is 6.13. The van der Waals surface area contributed by atoms with Crippen LogP contribution in [0.2, 0.25) is 5.02 Å². The molecule has 0 aliphatic rings. The molecule has 1 amide bonds. The number of hydrogen-bond donors (Lipinski definition) is 1. The highest BCUT2D eigenvalue weighted by Crippen LogP contribution is 2.22. The molecule has 0 aliphatic heterocycles. The molecule has 164 valence electrons. The van der Waals surface area contributed by atoms with Crippen LogP contribution in [0.15, 0.2) is 59.1 Å². The average Bonchev–Trinajstić information content (AvgIpc) is 3.30. The van der Waals surface area contributed by atoms with Gasteiger partial charge in [0.1, 0.15) is 18.1 Å². The number of nitrogens with zero attached hydrogens (tertiary/aromatic N) is 3. The van der Waals surface area contributed by atoms with Gasteiger partial charge in [0, 0.05) is 22.8 Å². The van der Waals surface area contributed by atoms with Crippen molar-refractivity contribution >= 4 is 17.5 Å². The van der Waals surface area contributed by atoms with Crippen LogP contribution in [0.4, 0.5) is 0 Å². The van der Waals surface area contributed by atoms with Crippen molar-refractivity contribution in [1.82, 2.24) is 20.3 Å². The van der Waals surface area contributed by atoms with Crippen LogP contribution >= 0.6 is 11.6 Å². The fourth-order valence-electron chi connectivity index (χ4n) is 3.46. The van der Waals surface area contributed by atoms with Crippen molar-refractivity contribution in [2.75, 3.05) is 0 Å². The first-order chi connectivity index (χ1) is 15.4. The van der Waals surface area contributed by atoms with Crippen LogP contribution < -0.4 is 10.1 Å². The third-order valence-corrected chi connectivity index (χ3v) is 5.48. The monoisotopic (exact) mass is 450 g/mol. The van der Waals surface area contributed by atoms with Gasteiger partial charge in [0.15, 0.2) is 5.69 Å². The molecular formula is C24H23ClN4O3. The molecular weight excluding hydrogens is 428 g/mol. The van der Waals surface area contributed by atoms with Gasteiger partial charge in [0.2, 0.25) is 0 Å². The zero-order valence-corrected chi connectivity index (χ0v) is 18.8. The summed E-state index contributed by atoms with van der Waals surface area (Å²) in [6.07, 6.45) is 0. The Bertz CT molecular complexity index is 1250. The van der Waals surface area contributed by atoms with Gasteiger partial charge in [-0.1, -0.05) is 41.0 Å². The maximum absolute atomic E-state index is 12.9. The van der Waals surface area contributed by atoms with Gasteiger partial charge < -0.3 is 14.6 Å². The Morgan fingerprint density at radius 1 is 1.09 bits per heavy atom. The van der Waals surface area contributed by atoms with Crippen LogP contribution in [-0.4, -0.2) is 20.8 Å². The molecule has 8 heteroatoms. The van der Waals surface area contributed by atoms with Crippen molar-refractivity contribution in [1.29, 1.82) is 0 Å². The topological polar surface area (TPSA) is 82.2 Å². The van der Waals surface area contributed by atoms with Crippen molar-refractivity contribution in [3.63, 3.8) is 0 Å². The number of benzene rings is 2. The van der Waals surface area contributed by atoms with Crippen LogP contribution in [0.1, 0.15) is 38.8 Å². The highest BCUT2D eigenvalue weighted by Gasteiger charge is 2.21. The van der Waals surface area contributed by atoms with E-state index in [0.29, 0.717) is 28.6 Å². The maximum atomic E-state index is 12.9. The van der Waals surface area contributed by atoms with Crippen LogP contribution in [0, 0.1) is 20.8 Å². The van der Waals surface area contributed by atoms with Crippen LogP contribution in [-0.2, 0) is 13.2 Å². The summed E-state index contributed by atoms with van der Waals surface area (Å²) in [5.74, 6) is 0.795. The molecule has 4 aromatic rings. The Balaban J connectivity index is 1.47. The van der Waals surface area contributed by atoms with E-state index < -0.39 is 0 Å². The minimum absolute atomic E-state index is 0.141. The molecule has 2 aromatic carbocycles. The lowest BCUT2D eigenvalue weighted by molar-refractivity contribution is 0.0939. The fourth-order valence-corrected chi connectivity index (χ4v) is 3.64. The first-order valence-corrected chi connectivity index (χ1v) is 10.5. The first-order valence-electron chi connectivity index (χ1n) is 10.2. The Hall–Kier alpha value is -3.58. The first kappa shape index (κ1) is 21.6. The third kappa shape index (κ3) is 4.53. The number of rotatable bonds is 7. The summed E-state index contributed by atoms with van der Waals surface area (Å²) in [5.41, 5.74) is 4.55. The largest absolute Gasteiger partial charge is 0.489 e. The number of aryl methyl sites for hydroxylation is 2. The van der Waals surface area contributed by atoms with E-state index in [1.807, 2.05) is 48.9 Å². The molecule has 0 atom stereocenters. The second kappa shape index (κ2) is 9.28. The normalized spacial score (nSPS) is 10.9. The summed E-state index contributed by atoms with van der Waals surface area (Å²) in [6, 6.07) is 16.9. The van der Waals surface area contributed by atoms with Gasteiger partial charge >= 0.3 is 0 Å². The molecule has 2 aromatic heterocycles. The van der Waals surface area contributed by atoms with Gasteiger partial charge in [-0.05, 0) is 51.1 Å². The van der Waals surface area contributed by atoms with Gasteiger partial charge in [-0.25, -0.2) is 4.68 Å². The van der Waals surface area contributed by atoms with Crippen molar-refractivity contribution in [2.24, 2.45) is 0 Å². The smallest absolute Gasteiger partial charge is 0.274 e. The lowest BCUT2D eigenvalue weighted by Gasteiger charge is -2.08. The predicted octanol–water partition coefficient (Wildman–Crippen LogP) is 4.95. The molecule has 0 spiro atoms. The summed E-state index contributed by atoms with van der Waals surface area (Å²) < 4.78 is 12.9. The fraction of sp³-hybridized carbons (Fsp3) is 0.208. The van der Waals surface area contributed by atoms with Crippen molar-refractivity contribution < 1.29 is 14.1 Å². The molecule has 0 unspecified atom stereocenters. The predicted molar refractivity (Wildman–Crippen MR) is 121 cm³/mol. The SMILES string of the molecule is Cc1nn(-c2ccccc2)c(C)c1CNC(=O)c1noc(C)c1COc1cccc(Cl)c1. The molecule has 0 radical (unpaired) electrons. The molecule has 4 rings (SSSR count). The molecule has 0 saturated heterocycles. The van der Waals surface area contributed by atoms with Crippen LogP contribution in [0.25, 0.3) is 5.69 Å². The highest BCUT2D eigenvalue weighted by atomic mass is 35.5. The van der Waals surface area contributed by atoms with Crippen LogP contribution in [0.3, 0.4) is 0 Å². The molecule has 0 saturated carbocycles. The molecule has 7 nitrogen and oxygen atoms in total. The van der Waals surface area contributed by atoms with Crippen molar-refractivity contribution in [3.8, 4) is 11.4 Å². The van der Waals surface area contributed by atoms with E-state index in [0.717, 1.165) is 22.6 Å². The van der Waals surface area contributed by atoms with E-state index in [9.17, 15) is 4.79 Å². The zero-order chi connectivity index (χ0) is 22.7. The molecule has 2 heterocycles. The minimum atomic E-state index is -0.335. The van der Waals surface area contributed by atoms with E-state index in [1.54, 1.807) is 31.2 Å².